The van der Waals surface area contributed by atoms with E-state index in [-0.39, 0.29) is 11.8 Å². The third-order valence-corrected chi connectivity index (χ3v) is 7.67. The number of amides is 1. The van der Waals surface area contributed by atoms with E-state index in [1.165, 1.54) is 15.4 Å². The molecule has 2 saturated heterocycles. The summed E-state index contributed by atoms with van der Waals surface area (Å²) in [5.41, 5.74) is 2.04. The fourth-order valence-electron chi connectivity index (χ4n) is 4.25. The number of nitrogens with zero attached hydrogens (tertiary/aromatic N) is 3. The Kier molecular flexibility index (Phi) is 6.73. The van der Waals surface area contributed by atoms with Crippen molar-refractivity contribution in [2.45, 2.75) is 12.8 Å². The average Bonchev–Trinajstić information content (AvgIpc) is 2.84. The second kappa shape index (κ2) is 9.66. The van der Waals surface area contributed by atoms with Crippen LogP contribution in [0.2, 0.25) is 0 Å². The second-order valence-electron chi connectivity index (χ2n) is 8.08. The van der Waals surface area contributed by atoms with Crippen molar-refractivity contribution < 1.29 is 13.2 Å². The molecule has 1 amide bonds. The summed E-state index contributed by atoms with van der Waals surface area (Å²) in [7, 11) is -3.47. The van der Waals surface area contributed by atoms with Crippen LogP contribution < -0.4 is 4.90 Å². The van der Waals surface area contributed by atoms with E-state index >= 15 is 0 Å². The molecule has 2 heterocycles. The summed E-state index contributed by atoms with van der Waals surface area (Å²) in [5.74, 6) is 0.0809. The van der Waals surface area contributed by atoms with Gasteiger partial charge in [0.05, 0.1) is 0 Å². The van der Waals surface area contributed by atoms with E-state index in [1.54, 1.807) is 6.08 Å². The Hall–Kier alpha value is -2.64. The Balaban J connectivity index is 1.28. The molecule has 2 aromatic rings. The normalized spacial score (nSPS) is 19.1. The Morgan fingerprint density at radius 2 is 1.39 bits per heavy atom. The van der Waals surface area contributed by atoms with Crippen molar-refractivity contribution in [3.05, 3.63) is 71.6 Å². The zero-order valence-electron chi connectivity index (χ0n) is 17.6. The monoisotopic (exact) mass is 439 g/mol. The van der Waals surface area contributed by atoms with E-state index < -0.39 is 10.0 Å². The lowest BCUT2D eigenvalue weighted by atomic mass is 9.96. The fourth-order valence-corrected chi connectivity index (χ4v) is 5.48. The number of piperidine rings is 1. The molecule has 0 aromatic heterocycles. The first-order valence-corrected chi connectivity index (χ1v) is 12.4. The van der Waals surface area contributed by atoms with Crippen LogP contribution >= 0.6 is 0 Å². The molecule has 2 aliphatic rings. The number of hydrogen-bond donors (Lipinski definition) is 0. The summed E-state index contributed by atoms with van der Waals surface area (Å²) in [6.07, 6.45) is 2.78. The van der Waals surface area contributed by atoms with Crippen molar-refractivity contribution in [1.29, 1.82) is 0 Å². The van der Waals surface area contributed by atoms with E-state index in [1.807, 2.05) is 53.4 Å². The first-order chi connectivity index (χ1) is 15.0. The highest BCUT2D eigenvalue weighted by molar-refractivity contribution is 7.92. The quantitative estimate of drug-likeness (QED) is 0.719. The molecular formula is C24H29N3O3S. The highest BCUT2D eigenvalue weighted by atomic mass is 32.2. The summed E-state index contributed by atoms with van der Waals surface area (Å²) in [5, 5.41) is 1.27. The fraction of sp³-hybridized carbons (Fsp3) is 0.375. The van der Waals surface area contributed by atoms with Crippen molar-refractivity contribution in [3.8, 4) is 0 Å². The Morgan fingerprint density at radius 1 is 0.806 bits per heavy atom. The van der Waals surface area contributed by atoms with E-state index in [0.717, 1.165) is 18.7 Å². The Morgan fingerprint density at radius 3 is 2.00 bits per heavy atom. The van der Waals surface area contributed by atoms with Crippen molar-refractivity contribution in [2.24, 2.45) is 5.92 Å². The zero-order chi connectivity index (χ0) is 21.7. The molecular weight excluding hydrogens is 410 g/mol. The summed E-state index contributed by atoms with van der Waals surface area (Å²) in [6, 6.07) is 19.7. The maximum atomic E-state index is 13.0. The third kappa shape index (κ3) is 5.35. The molecule has 164 valence electrons. The summed E-state index contributed by atoms with van der Waals surface area (Å²) in [6.45, 7) is 3.86. The molecule has 0 spiro atoms. The van der Waals surface area contributed by atoms with Gasteiger partial charge in [-0.3, -0.25) is 4.79 Å². The molecule has 0 radical (unpaired) electrons. The predicted molar refractivity (Wildman–Crippen MR) is 124 cm³/mol. The van der Waals surface area contributed by atoms with E-state index in [4.69, 9.17) is 0 Å². The van der Waals surface area contributed by atoms with Crippen LogP contribution in [0.3, 0.4) is 0 Å². The molecule has 2 aliphatic heterocycles. The number of piperazine rings is 1. The third-order valence-electron chi connectivity index (χ3n) is 6.11. The molecule has 4 rings (SSSR count). The Bertz CT molecular complexity index is 993. The van der Waals surface area contributed by atoms with Gasteiger partial charge < -0.3 is 9.80 Å². The molecule has 2 aromatic carbocycles. The van der Waals surface area contributed by atoms with Crippen LogP contribution in [0, 0.1) is 5.92 Å². The van der Waals surface area contributed by atoms with E-state index in [2.05, 4.69) is 17.0 Å². The van der Waals surface area contributed by atoms with Crippen LogP contribution in [0.1, 0.15) is 18.4 Å². The van der Waals surface area contributed by atoms with Gasteiger partial charge in [0.15, 0.2) is 0 Å². The highest BCUT2D eigenvalue weighted by Crippen LogP contribution is 2.24. The number of para-hydroxylation sites is 1. The van der Waals surface area contributed by atoms with E-state index in [0.29, 0.717) is 39.0 Å². The number of benzene rings is 2. The molecule has 0 unspecified atom stereocenters. The molecule has 0 saturated carbocycles. The minimum Gasteiger partial charge on any atom is -0.368 e. The SMILES string of the molecule is O=C(C1CCN(S(=O)(=O)/C=C/c2ccccc2)CC1)N1CCN(c2ccccc2)CC1. The molecule has 0 bridgehead atoms. The topological polar surface area (TPSA) is 60.9 Å². The molecule has 31 heavy (non-hydrogen) atoms. The van der Waals surface area contributed by atoms with Gasteiger partial charge in [0, 0.05) is 56.3 Å². The Labute approximate surface area is 184 Å². The van der Waals surface area contributed by atoms with Crippen molar-refractivity contribution >= 4 is 27.7 Å². The largest absolute Gasteiger partial charge is 0.368 e. The standard InChI is InChI=1S/C24H29N3O3S/c28-24(26-18-16-25(17-19-26)23-9-5-2-6-10-23)22-11-14-27(15-12-22)31(29,30)20-13-21-7-3-1-4-8-21/h1-10,13,20,22H,11-12,14-19H2/b20-13+. The number of sulfonamides is 1. The first kappa shape index (κ1) is 21.6. The number of rotatable bonds is 5. The predicted octanol–water partition coefficient (Wildman–Crippen LogP) is 3.05. The summed E-state index contributed by atoms with van der Waals surface area (Å²) in [4.78, 5) is 17.2. The average molecular weight is 440 g/mol. The zero-order valence-corrected chi connectivity index (χ0v) is 18.5. The lowest BCUT2D eigenvalue weighted by Crippen LogP contribution is -2.52. The molecule has 0 atom stereocenters. The first-order valence-electron chi connectivity index (χ1n) is 10.8. The van der Waals surface area contributed by atoms with Gasteiger partial charge in [0.25, 0.3) is 0 Å². The van der Waals surface area contributed by atoms with Gasteiger partial charge in [0.1, 0.15) is 0 Å². The van der Waals surface area contributed by atoms with Crippen molar-refractivity contribution in [3.63, 3.8) is 0 Å². The molecule has 2 fully saturated rings. The van der Waals surface area contributed by atoms with Gasteiger partial charge in [-0.15, -0.1) is 0 Å². The number of carbonyl (C=O) groups excluding carboxylic acids is 1. The summed E-state index contributed by atoms with van der Waals surface area (Å²) >= 11 is 0. The lowest BCUT2D eigenvalue weighted by Gasteiger charge is -2.39. The summed E-state index contributed by atoms with van der Waals surface area (Å²) < 4.78 is 26.8. The minimum absolute atomic E-state index is 0.0900. The maximum Gasteiger partial charge on any atom is 0.236 e. The highest BCUT2D eigenvalue weighted by Gasteiger charge is 2.33. The van der Waals surface area contributed by atoms with E-state index in [9.17, 15) is 13.2 Å². The van der Waals surface area contributed by atoms with Gasteiger partial charge in [-0.05, 0) is 36.6 Å². The number of carbonyl (C=O) groups is 1. The number of hydrogen-bond acceptors (Lipinski definition) is 4. The lowest BCUT2D eigenvalue weighted by molar-refractivity contribution is -0.137. The maximum absolute atomic E-state index is 13.0. The smallest absolute Gasteiger partial charge is 0.236 e. The van der Waals surface area contributed by atoms with Crippen LogP contribution in [0.4, 0.5) is 5.69 Å². The van der Waals surface area contributed by atoms with Crippen LogP contribution in [0.15, 0.2) is 66.1 Å². The van der Waals surface area contributed by atoms with Crippen LogP contribution in [-0.4, -0.2) is 62.8 Å². The van der Waals surface area contributed by atoms with Crippen LogP contribution in [0.25, 0.3) is 6.08 Å². The number of anilines is 1. The van der Waals surface area contributed by atoms with Crippen LogP contribution in [0.5, 0.6) is 0 Å². The molecule has 0 N–H and O–H groups in total. The molecule has 7 heteroatoms. The van der Waals surface area contributed by atoms with Gasteiger partial charge in [-0.1, -0.05) is 48.5 Å². The van der Waals surface area contributed by atoms with Gasteiger partial charge >= 0.3 is 0 Å². The van der Waals surface area contributed by atoms with Crippen molar-refractivity contribution in [2.75, 3.05) is 44.2 Å². The second-order valence-corrected chi connectivity index (χ2v) is 9.90. The van der Waals surface area contributed by atoms with Gasteiger partial charge in [-0.2, -0.15) is 4.31 Å². The van der Waals surface area contributed by atoms with Crippen molar-refractivity contribution in [1.82, 2.24) is 9.21 Å². The minimum atomic E-state index is -3.47. The van der Waals surface area contributed by atoms with Gasteiger partial charge in [0.2, 0.25) is 15.9 Å². The molecule has 6 nitrogen and oxygen atoms in total. The molecule has 0 aliphatic carbocycles. The van der Waals surface area contributed by atoms with Crippen LogP contribution in [-0.2, 0) is 14.8 Å². The van der Waals surface area contributed by atoms with Gasteiger partial charge in [-0.25, -0.2) is 8.42 Å².